The van der Waals surface area contributed by atoms with Gasteiger partial charge in [0.25, 0.3) is 0 Å². The van der Waals surface area contributed by atoms with Crippen molar-refractivity contribution >= 4 is 11.6 Å². The number of nitrogens with two attached hydrogens (primary N) is 1. The average molecular weight is 411 g/mol. The first-order chi connectivity index (χ1) is 15.1. The molecule has 0 atom stereocenters. The number of hydrogen-bond acceptors (Lipinski definition) is 9. The van der Waals surface area contributed by atoms with Crippen LogP contribution in [0.3, 0.4) is 0 Å². The van der Waals surface area contributed by atoms with E-state index in [2.05, 4.69) is 31.3 Å². The van der Waals surface area contributed by atoms with Crippen molar-refractivity contribution in [2.45, 2.75) is 6.54 Å². The molecule has 0 amide bonds. The maximum absolute atomic E-state index is 9.35. The monoisotopic (exact) mass is 411 g/mol. The molecule has 152 valence electrons. The van der Waals surface area contributed by atoms with Crippen molar-refractivity contribution in [2.24, 2.45) is 0 Å². The van der Waals surface area contributed by atoms with Crippen molar-refractivity contribution in [1.82, 2.24) is 19.9 Å². The number of hydrogen-bond donors (Lipinski definition) is 3. The van der Waals surface area contributed by atoms with Crippen LogP contribution < -0.4 is 15.8 Å². The second kappa shape index (κ2) is 8.75. The predicted octanol–water partition coefficient (Wildman–Crippen LogP) is 3.50. The Balaban J connectivity index is 1.48. The standard InChI is InChI=1S/C22H17N7O2/c23-9-14-3-2-6-18(8-14)31-19-13-25-20(24)22(29-19)26-10-15-4-1-5-16(7-15)21-27-11-17(30)12-28-21/h1-8,11-13,30H,10H2,(H2,24,25)(H,26,29). The molecule has 31 heavy (non-hydrogen) atoms. The number of nitrogens with zero attached hydrogens (tertiary/aromatic N) is 5. The molecule has 0 radical (unpaired) electrons. The van der Waals surface area contributed by atoms with Crippen LogP contribution in [0.2, 0.25) is 0 Å². The lowest BCUT2D eigenvalue weighted by Gasteiger charge is -2.11. The minimum Gasteiger partial charge on any atom is -0.505 e. The molecule has 4 aromatic rings. The first-order valence-corrected chi connectivity index (χ1v) is 9.25. The summed E-state index contributed by atoms with van der Waals surface area (Å²) in [4.78, 5) is 16.7. The Morgan fingerprint density at radius 2 is 1.84 bits per heavy atom. The molecule has 2 heterocycles. The highest BCUT2D eigenvalue weighted by Gasteiger charge is 2.08. The van der Waals surface area contributed by atoms with E-state index in [1.54, 1.807) is 24.3 Å². The normalized spacial score (nSPS) is 10.3. The van der Waals surface area contributed by atoms with Gasteiger partial charge in [0.05, 0.1) is 30.2 Å². The summed E-state index contributed by atoms with van der Waals surface area (Å²) in [5.41, 5.74) is 8.19. The molecule has 0 saturated carbocycles. The summed E-state index contributed by atoms with van der Waals surface area (Å²) in [6, 6.07) is 16.4. The summed E-state index contributed by atoms with van der Waals surface area (Å²) >= 11 is 0. The van der Waals surface area contributed by atoms with Gasteiger partial charge >= 0.3 is 0 Å². The molecule has 0 spiro atoms. The van der Waals surface area contributed by atoms with E-state index in [-0.39, 0.29) is 17.4 Å². The molecular formula is C22H17N7O2. The van der Waals surface area contributed by atoms with Gasteiger partial charge in [-0.15, -0.1) is 0 Å². The van der Waals surface area contributed by atoms with Crippen molar-refractivity contribution < 1.29 is 9.84 Å². The molecular weight excluding hydrogens is 394 g/mol. The topological polar surface area (TPSA) is 143 Å². The molecule has 0 aliphatic rings. The fourth-order valence-corrected chi connectivity index (χ4v) is 2.79. The summed E-state index contributed by atoms with van der Waals surface area (Å²) in [6.07, 6.45) is 4.12. The third kappa shape index (κ3) is 4.83. The van der Waals surface area contributed by atoms with Crippen LogP contribution >= 0.6 is 0 Å². The highest BCUT2D eigenvalue weighted by atomic mass is 16.5. The molecule has 0 aliphatic carbocycles. The Morgan fingerprint density at radius 3 is 2.65 bits per heavy atom. The van der Waals surface area contributed by atoms with E-state index >= 15 is 0 Å². The van der Waals surface area contributed by atoms with E-state index in [4.69, 9.17) is 15.7 Å². The quantitative estimate of drug-likeness (QED) is 0.434. The molecule has 9 nitrogen and oxygen atoms in total. The Bertz CT molecular complexity index is 1250. The van der Waals surface area contributed by atoms with Crippen molar-refractivity contribution in [3.05, 3.63) is 78.2 Å². The van der Waals surface area contributed by atoms with E-state index in [1.165, 1.54) is 18.6 Å². The van der Waals surface area contributed by atoms with Crippen molar-refractivity contribution in [2.75, 3.05) is 11.1 Å². The summed E-state index contributed by atoms with van der Waals surface area (Å²) in [7, 11) is 0. The first kappa shape index (κ1) is 19.6. The zero-order valence-corrected chi connectivity index (χ0v) is 16.2. The Labute approximate surface area is 177 Å². The average Bonchev–Trinajstić information content (AvgIpc) is 2.80. The van der Waals surface area contributed by atoms with Crippen LogP contribution in [0.1, 0.15) is 11.1 Å². The number of aromatic hydroxyl groups is 1. The molecule has 9 heteroatoms. The summed E-state index contributed by atoms with van der Waals surface area (Å²) in [6.45, 7) is 0.429. The number of ether oxygens (including phenoxy) is 1. The van der Waals surface area contributed by atoms with Crippen LogP contribution in [-0.2, 0) is 6.54 Å². The van der Waals surface area contributed by atoms with Crippen LogP contribution in [-0.4, -0.2) is 25.0 Å². The van der Waals surface area contributed by atoms with E-state index in [0.717, 1.165) is 11.1 Å². The molecule has 0 aliphatic heterocycles. The van der Waals surface area contributed by atoms with Crippen LogP contribution in [0, 0.1) is 11.3 Å². The Kier molecular flexibility index (Phi) is 5.53. The smallest absolute Gasteiger partial charge is 0.239 e. The van der Waals surface area contributed by atoms with Gasteiger partial charge in [-0.05, 0) is 29.8 Å². The lowest BCUT2D eigenvalue weighted by molar-refractivity contribution is 0.461. The number of rotatable bonds is 6. The van der Waals surface area contributed by atoms with E-state index in [9.17, 15) is 5.11 Å². The van der Waals surface area contributed by atoms with Gasteiger partial charge in [-0.25, -0.2) is 15.0 Å². The Morgan fingerprint density at radius 1 is 1.03 bits per heavy atom. The van der Waals surface area contributed by atoms with Gasteiger partial charge < -0.3 is 20.9 Å². The van der Waals surface area contributed by atoms with Crippen molar-refractivity contribution in [3.8, 4) is 34.8 Å². The molecule has 0 fully saturated rings. The predicted molar refractivity (Wildman–Crippen MR) is 114 cm³/mol. The fourth-order valence-electron chi connectivity index (χ4n) is 2.79. The van der Waals surface area contributed by atoms with Crippen LogP contribution in [0.5, 0.6) is 17.4 Å². The van der Waals surface area contributed by atoms with Crippen molar-refractivity contribution in [3.63, 3.8) is 0 Å². The van der Waals surface area contributed by atoms with Crippen LogP contribution in [0.25, 0.3) is 11.4 Å². The number of anilines is 2. The summed E-state index contributed by atoms with van der Waals surface area (Å²) in [5.74, 6) is 1.85. The van der Waals surface area contributed by atoms with Gasteiger partial charge in [0.2, 0.25) is 5.88 Å². The molecule has 0 saturated heterocycles. The number of nitriles is 1. The zero-order chi connectivity index (χ0) is 21.6. The van der Waals surface area contributed by atoms with Gasteiger partial charge in [-0.2, -0.15) is 10.2 Å². The largest absolute Gasteiger partial charge is 0.505 e. The maximum Gasteiger partial charge on any atom is 0.239 e. The van der Waals surface area contributed by atoms with Gasteiger partial charge in [-0.1, -0.05) is 24.3 Å². The van der Waals surface area contributed by atoms with Crippen LogP contribution in [0.15, 0.2) is 67.1 Å². The van der Waals surface area contributed by atoms with E-state index in [1.807, 2.05) is 24.3 Å². The maximum atomic E-state index is 9.35. The van der Waals surface area contributed by atoms with Gasteiger partial charge in [0.1, 0.15) is 5.75 Å². The fraction of sp³-hybridized carbons (Fsp3) is 0.0455. The second-order valence-electron chi connectivity index (χ2n) is 6.50. The molecule has 2 aromatic heterocycles. The first-order valence-electron chi connectivity index (χ1n) is 9.25. The molecule has 2 aromatic carbocycles. The molecule has 4 rings (SSSR count). The summed E-state index contributed by atoms with van der Waals surface area (Å²) in [5, 5.41) is 21.5. The molecule has 4 N–H and O–H groups in total. The second-order valence-corrected chi connectivity index (χ2v) is 6.50. The van der Waals surface area contributed by atoms with Crippen molar-refractivity contribution in [1.29, 1.82) is 5.26 Å². The lowest BCUT2D eigenvalue weighted by Crippen LogP contribution is -2.07. The number of nitrogens with one attached hydrogen (secondary N) is 1. The number of benzene rings is 2. The lowest BCUT2D eigenvalue weighted by atomic mass is 10.1. The SMILES string of the molecule is N#Cc1cccc(Oc2cnc(N)c(NCc3cccc(-c4ncc(O)cn4)c3)n2)c1. The van der Waals surface area contributed by atoms with Crippen LogP contribution in [0.4, 0.5) is 11.6 Å². The number of nitrogen functional groups attached to an aromatic ring is 1. The Hall–Kier alpha value is -4.71. The summed E-state index contributed by atoms with van der Waals surface area (Å²) < 4.78 is 5.70. The minimum absolute atomic E-state index is 0.0112. The van der Waals surface area contributed by atoms with Gasteiger partial charge in [-0.3, -0.25) is 0 Å². The molecule has 0 bridgehead atoms. The van der Waals surface area contributed by atoms with E-state index in [0.29, 0.717) is 29.5 Å². The minimum atomic E-state index is 0.0112. The number of aromatic nitrogens is 4. The molecule has 0 unspecified atom stereocenters. The third-order valence-corrected chi connectivity index (χ3v) is 4.25. The zero-order valence-electron chi connectivity index (χ0n) is 16.2. The van der Waals surface area contributed by atoms with E-state index < -0.39 is 0 Å². The van der Waals surface area contributed by atoms with Gasteiger partial charge in [0, 0.05) is 12.1 Å². The highest BCUT2D eigenvalue weighted by Crippen LogP contribution is 2.24. The highest BCUT2D eigenvalue weighted by molar-refractivity contribution is 5.59. The third-order valence-electron chi connectivity index (χ3n) is 4.25. The van der Waals surface area contributed by atoms with Gasteiger partial charge in [0.15, 0.2) is 23.2 Å².